The van der Waals surface area contributed by atoms with Gasteiger partial charge in [-0.05, 0) is 42.8 Å². The quantitative estimate of drug-likeness (QED) is 0.829. The Kier molecular flexibility index (Phi) is 5.47. The SMILES string of the molecule is CC1=Nc2ccccc2N=C(NC(=O)/C=C/C(=O)[O-])[C@@H]1c1ccc(Cl)cc1. The Morgan fingerprint density at radius 1 is 1.04 bits per heavy atom. The molecule has 6 nitrogen and oxygen atoms in total. The largest absolute Gasteiger partial charge is 0.545 e. The summed E-state index contributed by atoms with van der Waals surface area (Å²) in [4.78, 5) is 31.9. The van der Waals surface area contributed by atoms with Gasteiger partial charge >= 0.3 is 0 Å². The van der Waals surface area contributed by atoms with E-state index in [1.54, 1.807) is 18.2 Å². The van der Waals surface area contributed by atoms with E-state index in [0.717, 1.165) is 17.4 Å². The summed E-state index contributed by atoms with van der Waals surface area (Å²) in [5, 5.41) is 13.8. The average molecular weight is 381 g/mol. The van der Waals surface area contributed by atoms with Crippen molar-refractivity contribution in [3.8, 4) is 0 Å². The molecule has 0 bridgehead atoms. The third-order valence-electron chi connectivity index (χ3n) is 3.94. The number of nitrogens with zero attached hydrogens (tertiary/aromatic N) is 2. The smallest absolute Gasteiger partial charge is 0.249 e. The summed E-state index contributed by atoms with van der Waals surface area (Å²) in [5.41, 5.74) is 2.86. The Hall–Kier alpha value is -3.25. The summed E-state index contributed by atoms with van der Waals surface area (Å²) in [6.45, 7) is 1.85. The van der Waals surface area contributed by atoms with Crippen LogP contribution in [0.3, 0.4) is 0 Å². The Morgan fingerprint density at radius 2 is 1.67 bits per heavy atom. The number of aliphatic imine (C=N–C) groups is 2. The number of carbonyl (C=O) groups excluding carboxylic acids is 2. The minimum atomic E-state index is -1.45. The summed E-state index contributed by atoms with van der Waals surface area (Å²) >= 11 is 5.98. The van der Waals surface area contributed by atoms with E-state index in [1.807, 2.05) is 37.3 Å². The van der Waals surface area contributed by atoms with Gasteiger partial charge < -0.3 is 15.2 Å². The zero-order valence-electron chi connectivity index (χ0n) is 14.3. The maximum Gasteiger partial charge on any atom is 0.249 e. The highest BCUT2D eigenvalue weighted by atomic mass is 35.5. The molecular formula is C20H15ClN3O3-. The summed E-state index contributed by atoms with van der Waals surface area (Å²) in [6, 6.07) is 14.5. The highest BCUT2D eigenvalue weighted by Crippen LogP contribution is 2.34. The Balaban J connectivity index is 2.06. The molecule has 3 rings (SSSR count). The van der Waals surface area contributed by atoms with Crippen molar-refractivity contribution in [3.63, 3.8) is 0 Å². The second-order valence-electron chi connectivity index (χ2n) is 5.87. The van der Waals surface area contributed by atoms with Crippen LogP contribution in [-0.2, 0) is 9.59 Å². The van der Waals surface area contributed by atoms with E-state index < -0.39 is 17.8 Å². The van der Waals surface area contributed by atoms with Crippen molar-refractivity contribution in [3.05, 3.63) is 71.3 Å². The van der Waals surface area contributed by atoms with E-state index in [1.165, 1.54) is 0 Å². The van der Waals surface area contributed by atoms with Crippen LogP contribution in [0.5, 0.6) is 0 Å². The van der Waals surface area contributed by atoms with Crippen LogP contribution in [0.2, 0.25) is 5.02 Å². The van der Waals surface area contributed by atoms with Gasteiger partial charge in [0.25, 0.3) is 0 Å². The number of halogens is 1. The minimum Gasteiger partial charge on any atom is -0.545 e. The van der Waals surface area contributed by atoms with Crippen molar-refractivity contribution in [2.45, 2.75) is 12.8 Å². The molecule has 0 unspecified atom stereocenters. The third-order valence-corrected chi connectivity index (χ3v) is 4.19. The number of amidine groups is 1. The highest BCUT2D eigenvalue weighted by molar-refractivity contribution is 6.30. The first-order valence-electron chi connectivity index (χ1n) is 8.12. The lowest BCUT2D eigenvalue weighted by atomic mass is 9.93. The number of nitrogens with one attached hydrogen (secondary N) is 1. The fraction of sp³-hybridized carbons (Fsp3) is 0.100. The Bertz CT molecular complexity index is 978. The van der Waals surface area contributed by atoms with E-state index in [9.17, 15) is 14.7 Å². The van der Waals surface area contributed by atoms with Gasteiger partial charge in [-0.25, -0.2) is 4.99 Å². The van der Waals surface area contributed by atoms with E-state index in [0.29, 0.717) is 28.3 Å². The number of aliphatic carboxylic acids is 1. The second-order valence-corrected chi connectivity index (χ2v) is 6.30. The molecule has 7 heteroatoms. The fourth-order valence-electron chi connectivity index (χ4n) is 2.77. The minimum absolute atomic E-state index is 0.344. The van der Waals surface area contributed by atoms with Crippen LogP contribution < -0.4 is 10.4 Å². The molecule has 0 saturated carbocycles. The normalized spacial score (nSPS) is 16.1. The average Bonchev–Trinajstić information content (AvgIpc) is 2.76. The molecule has 1 N–H and O–H groups in total. The predicted octanol–water partition coefficient (Wildman–Crippen LogP) is 2.68. The molecule has 0 spiro atoms. The lowest BCUT2D eigenvalue weighted by molar-refractivity contribution is -0.297. The number of hydrogen-bond donors (Lipinski definition) is 1. The zero-order chi connectivity index (χ0) is 19.4. The zero-order valence-corrected chi connectivity index (χ0v) is 15.1. The maximum atomic E-state index is 12.1. The monoisotopic (exact) mass is 380 g/mol. The summed E-state index contributed by atoms with van der Waals surface area (Å²) in [5.74, 6) is -2.15. The first kappa shape index (κ1) is 18.5. The number of benzene rings is 2. The number of rotatable bonds is 3. The van der Waals surface area contributed by atoms with E-state index >= 15 is 0 Å². The second kappa shape index (κ2) is 7.97. The molecular weight excluding hydrogens is 366 g/mol. The van der Waals surface area contributed by atoms with E-state index in [2.05, 4.69) is 15.3 Å². The van der Waals surface area contributed by atoms with Crippen LogP contribution in [0.15, 0.2) is 70.7 Å². The molecule has 2 aromatic carbocycles. The number of carbonyl (C=O) groups is 2. The lowest BCUT2D eigenvalue weighted by Gasteiger charge is -2.19. The molecule has 1 heterocycles. The molecule has 1 aliphatic rings. The molecule has 1 atom stereocenters. The molecule has 0 aromatic heterocycles. The standard InChI is InChI=1S/C20H16ClN3O3/c1-12-19(13-6-8-14(21)9-7-13)20(24-17(25)10-11-18(26)27)23-16-5-3-2-4-15(16)22-12/h2-11,19H,1H3,(H,26,27)(H,23,24,25)/p-1/b11-10+/t19-/m0/s1. The fourth-order valence-corrected chi connectivity index (χ4v) is 2.89. The highest BCUT2D eigenvalue weighted by Gasteiger charge is 2.26. The summed E-state index contributed by atoms with van der Waals surface area (Å²) < 4.78 is 0. The van der Waals surface area contributed by atoms with Crippen LogP contribution in [0.1, 0.15) is 18.4 Å². The number of para-hydroxylation sites is 2. The van der Waals surface area contributed by atoms with Crippen molar-refractivity contribution in [2.75, 3.05) is 0 Å². The third kappa shape index (κ3) is 4.48. The first-order chi connectivity index (χ1) is 12.9. The first-order valence-corrected chi connectivity index (χ1v) is 8.50. The molecule has 1 aliphatic heterocycles. The van der Waals surface area contributed by atoms with Crippen LogP contribution in [0.25, 0.3) is 0 Å². The van der Waals surface area contributed by atoms with Gasteiger partial charge in [-0.2, -0.15) is 0 Å². The van der Waals surface area contributed by atoms with Crippen molar-refractivity contribution in [2.24, 2.45) is 9.98 Å². The number of hydrogen-bond acceptors (Lipinski definition) is 5. The number of amides is 1. The van der Waals surface area contributed by atoms with E-state index in [-0.39, 0.29) is 0 Å². The van der Waals surface area contributed by atoms with Gasteiger partial charge in [-0.3, -0.25) is 9.79 Å². The molecule has 0 radical (unpaired) electrons. The summed E-state index contributed by atoms with van der Waals surface area (Å²) in [7, 11) is 0. The molecule has 27 heavy (non-hydrogen) atoms. The van der Waals surface area contributed by atoms with Crippen LogP contribution in [0.4, 0.5) is 11.4 Å². The van der Waals surface area contributed by atoms with Crippen molar-refractivity contribution in [1.82, 2.24) is 5.32 Å². The molecule has 136 valence electrons. The van der Waals surface area contributed by atoms with Gasteiger partial charge in [-0.1, -0.05) is 35.9 Å². The molecule has 1 amide bonds. The van der Waals surface area contributed by atoms with E-state index in [4.69, 9.17) is 11.6 Å². The molecule has 0 saturated heterocycles. The van der Waals surface area contributed by atoms with Gasteiger partial charge in [0.2, 0.25) is 5.91 Å². The van der Waals surface area contributed by atoms with Gasteiger partial charge in [0.15, 0.2) is 0 Å². The van der Waals surface area contributed by atoms with Gasteiger partial charge in [0, 0.05) is 16.8 Å². The Morgan fingerprint density at radius 3 is 2.30 bits per heavy atom. The molecule has 0 aliphatic carbocycles. The molecule has 2 aromatic rings. The van der Waals surface area contributed by atoms with Crippen molar-refractivity contribution in [1.29, 1.82) is 0 Å². The van der Waals surface area contributed by atoms with Gasteiger partial charge in [0.05, 0.1) is 23.3 Å². The van der Waals surface area contributed by atoms with Crippen LogP contribution in [-0.4, -0.2) is 23.4 Å². The van der Waals surface area contributed by atoms with Crippen molar-refractivity contribution < 1.29 is 14.7 Å². The topological polar surface area (TPSA) is 94.0 Å². The van der Waals surface area contributed by atoms with Gasteiger partial charge in [0.1, 0.15) is 5.84 Å². The number of fused-ring (bicyclic) bond motifs is 1. The lowest BCUT2D eigenvalue weighted by Crippen LogP contribution is -2.36. The number of carboxylic acid groups (broad SMARTS) is 1. The van der Waals surface area contributed by atoms with Crippen LogP contribution >= 0.6 is 11.6 Å². The summed E-state index contributed by atoms with van der Waals surface area (Å²) in [6.07, 6.45) is 1.55. The maximum absolute atomic E-state index is 12.1. The predicted molar refractivity (Wildman–Crippen MR) is 103 cm³/mol. The van der Waals surface area contributed by atoms with Crippen LogP contribution in [0, 0.1) is 0 Å². The number of carboxylic acids is 1. The molecule has 0 fully saturated rings. The van der Waals surface area contributed by atoms with Crippen molar-refractivity contribution >= 4 is 46.4 Å². The van der Waals surface area contributed by atoms with Gasteiger partial charge in [-0.15, -0.1) is 0 Å². The Labute approximate surface area is 160 Å².